The molecule has 2 aromatic heterocycles. The first-order valence-electron chi connectivity index (χ1n) is 9.26. The molecule has 3 aromatic rings. The Kier molecular flexibility index (Phi) is 4.15. The summed E-state index contributed by atoms with van der Waals surface area (Å²) in [5, 5.41) is 1.26. The molecule has 1 atom stereocenters. The molecule has 5 rings (SSSR count). The van der Waals surface area contributed by atoms with E-state index in [-0.39, 0.29) is 0 Å². The number of hydrogen-bond donors (Lipinski definition) is 0. The van der Waals surface area contributed by atoms with Gasteiger partial charge in [-0.1, -0.05) is 12.1 Å². The van der Waals surface area contributed by atoms with E-state index in [1.54, 1.807) is 0 Å². The van der Waals surface area contributed by atoms with E-state index in [4.69, 9.17) is 4.74 Å². The Morgan fingerprint density at radius 2 is 2.04 bits per heavy atom. The fourth-order valence-electron chi connectivity index (χ4n) is 4.16. The van der Waals surface area contributed by atoms with Crippen molar-refractivity contribution in [3.8, 4) is 0 Å². The van der Waals surface area contributed by atoms with E-state index >= 15 is 0 Å². The smallest absolute Gasteiger partial charge is 0.123 e. The number of aromatic nitrogens is 1. The number of ether oxygens (including phenoxy) is 1. The third-order valence-electron chi connectivity index (χ3n) is 5.47. The fourth-order valence-corrected chi connectivity index (χ4v) is 5.27. The van der Waals surface area contributed by atoms with Gasteiger partial charge in [-0.3, -0.25) is 0 Å². The van der Waals surface area contributed by atoms with E-state index in [1.165, 1.54) is 27.1 Å². The quantitative estimate of drug-likeness (QED) is 0.692. The number of likely N-dealkylation sites (N-methyl/N-ethyl adjacent to an activating group) is 1. The normalized spacial score (nSPS) is 21.1. The predicted molar refractivity (Wildman–Crippen MR) is 107 cm³/mol. The molecular weight excluding hydrogens is 342 g/mol. The summed E-state index contributed by atoms with van der Waals surface area (Å²) in [7, 11) is 2.23. The number of fused-ring (bicyclic) bond motifs is 2. The van der Waals surface area contributed by atoms with Crippen molar-refractivity contribution < 1.29 is 4.74 Å². The lowest BCUT2D eigenvalue weighted by Gasteiger charge is -2.34. The molecule has 0 saturated carbocycles. The molecular formula is C21H23N3OS. The van der Waals surface area contributed by atoms with E-state index in [2.05, 4.69) is 52.2 Å². The van der Waals surface area contributed by atoms with Gasteiger partial charge >= 0.3 is 0 Å². The van der Waals surface area contributed by atoms with Crippen molar-refractivity contribution in [1.82, 2.24) is 9.88 Å². The van der Waals surface area contributed by atoms with E-state index < -0.39 is 0 Å². The summed E-state index contributed by atoms with van der Waals surface area (Å²) in [6.07, 6.45) is 1.89. The largest absolute Gasteiger partial charge is 0.378 e. The molecule has 5 heteroatoms. The average Bonchev–Trinajstić information content (AvgIpc) is 3.11. The van der Waals surface area contributed by atoms with Crippen molar-refractivity contribution in [2.24, 2.45) is 0 Å². The minimum absolute atomic E-state index is 0.432. The highest BCUT2D eigenvalue weighted by atomic mass is 32.1. The molecule has 0 N–H and O–H groups in total. The molecule has 1 fully saturated rings. The number of thiophene rings is 1. The minimum atomic E-state index is 0.432. The Morgan fingerprint density at radius 1 is 1.15 bits per heavy atom. The molecule has 0 radical (unpaired) electrons. The molecule has 26 heavy (non-hydrogen) atoms. The first-order chi connectivity index (χ1) is 12.8. The van der Waals surface area contributed by atoms with Crippen molar-refractivity contribution in [3.05, 3.63) is 58.6 Å². The monoisotopic (exact) mass is 365 g/mol. The summed E-state index contributed by atoms with van der Waals surface area (Å²) < 4.78 is 5.50. The molecule has 4 nitrogen and oxygen atoms in total. The van der Waals surface area contributed by atoms with Gasteiger partial charge in [-0.15, -0.1) is 11.3 Å². The number of pyridine rings is 1. The van der Waals surface area contributed by atoms with E-state index in [0.29, 0.717) is 5.92 Å². The predicted octanol–water partition coefficient (Wildman–Crippen LogP) is 3.71. The lowest BCUT2D eigenvalue weighted by atomic mass is 9.88. The standard InChI is InChI=1S/C21H23N3OS/c1-23-13-16-11-17(24-7-9-25-10-8-24)4-5-18(16)19(14-23)20-12-15-3-2-6-22-21(15)26-20/h2-6,11-12,19H,7-10,13-14H2,1H3. The number of morpholine rings is 1. The zero-order chi connectivity index (χ0) is 17.5. The second kappa shape index (κ2) is 6.65. The molecule has 134 valence electrons. The van der Waals surface area contributed by atoms with Gasteiger partial charge in [-0.05, 0) is 42.4 Å². The van der Waals surface area contributed by atoms with Crippen LogP contribution in [-0.4, -0.2) is 49.8 Å². The maximum atomic E-state index is 5.50. The van der Waals surface area contributed by atoms with Crippen LogP contribution in [0.15, 0.2) is 42.6 Å². The van der Waals surface area contributed by atoms with Crippen molar-refractivity contribution in [1.29, 1.82) is 0 Å². The lowest BCUT2D eigenvalue weighted by Crippen LogP contribution is -2.36. The van der Waals surface area contributed by atoms with Crippen LogP contribution in [0.5, 0.6) is 0 Å². The summed E-state index contributed by atoms with van der Waals surface area (Å²) in [5.41, 5.74) is 4.27. The maximum Gasteiger partial charge on any atom is 0.123 e. The van der Waals surface area contributed by atoms with Crippen LogP contribution in [0.4, 0.5) is 5.69 Å². The molecule has 2 aliphatic rings. The Bertz CT molecular complexity index is 899. The van der Waals surface area contributed by atoms with Crippen LogP contribution >= 0.6 is 11.3 Å². The molecule has 0 amide bonds. The highest BCUT2D eigenvalue weighted by Crippen LogP contribution is 2.39. The summed E-state index contributed by atoms with van der Waals surface area (Å²) in [5.74, 6) is 0.432. The van der Waals surface area contributed by atoms with Crippen molar-refractivity contribution >= 4 is 27.2 Å². The molecule has 0 bridgehead atoms. The number of nitrogens with zero attached hydrogens (tertiary/aromatic N) is 3. The van der Waals surface area contributed by atoms with Gasteiger partial charge in [-0.2, -0.15) is 0 Å². The summed E-state index contributed by atoms with van der Waals surface area (Å²) in [6.45, 7) is 5.72. The Labute approximate surface area is 158 Å². The van der Waals surface area contributed by atoms with E-state index in [1.807, 2.05) is 23.6 Å². The summed E-state index contributed by atoms with van der Waals surface area (Å²) in [4.78, 5) is 12.0. The molecule has 2 aliphatic heterocycles. The second-order valence-corrected chi connectivity index (χ2v) is 8.34. The van der Waals surface area contributed by atoms with Crippen LogP contribution in [0.1, 0.15) is 21.9 Å². The van der Waals surface area contributed by atoms with Gasteiger partial charge in [0.25, 0.3) is 0 Å². The topological polar surface area (TPSA) is 28.6 Å². The van der Waals surface area contributed by atoms with Crippen LogP contribution in [0.2, 0.25) is 0 Å². The third kappa shape index (κ3) is 2.90. The zero-order valence-electron chi connectivity index (χ0n) is 15.0. The third-order valence-corrected chi connectivity index (χ3v) is 6.64. The lowest BCUT2D eigenvalue weighted by molar-refractivity contribution is 0.122. The van der Waals surface area contributed by atoms with Crippen LogP contribution in [0.3, 0.4) is 0 Å². The van der Waals surface area contributed by atoms with Crippen molar-refractivity contribution in [2.75, 3.05) is 44.8 Å². The Balaban J connectivity index is 1.53. The number of rotatable bonds is 2. The molecule has 0 aliphatic carbocycles. The number of anilines is 1. The number of hydrogen-bond acceptors (Lipinski definition) is 5. The van der Waals surface area contributed by atoms with Crippen LogP contribution in [-0.2, 0) is 11.3 Å². The second-order valence-electron chi connectivity index (χ2n) is 7.28. The van der Waals surface area contributed by atoms with Gasteiger partial charge in [0.15, 0.2) is 0 Å². The van der Waals surface area contributed by atoms with Gasteiger partial charge < -0.3 is 14.5 Å². The van der Waals surface area contributed by atoms with E-state index in [9.17, 15) is 0 Å². The number of benzene rings is 1. The first-order valence-corrected chi connectivity index (χ1v) is 10.1. The van der Waals surface area contributed by atoms with Gasteiger partial charge in [0.05, 0.1) is 13.2 Å². The van der Waals surface area contributed by atoms with Crippen LogP contribution in [0, 0.1) is 0 Å². The van der Waals surface area contributed by atoms with Gasteiger partial charge in [-0.25, -0.2) is 4.98 Å². The average molecular weight is 366 g/mol. The van der Waals surface area contributed by atoms with E-state index in [0.717, 1.165) is 44.2 Å². The van der Waals surface area contributed by atoms with Crippen molar-refractivity contribution in [2.45, 2.75) is 12.5 Å². The Hall–Kier alpha value is -1.95. The highest BCUT2D eigenvalue weighted by Gasteiger charge is 2.27. The van der Waals surface area contributed by atoms with Gasteiger partial charge in [0, 0.05) is 54.2 Å². The SMILES string of the molecule is CN1Cc2cc(N3CCOCC3)ccc2C(c2cc3cccnc3s2)C1. The van der Waals surface area contributed by atoms with Gasteiger partial charge in [0.1, 0.15) is 4.83 Å². The molecule has 4 heterocycles. The molecule has 1 saturated heterocycles. The minimum Gasteiger partial charge on any atom is -0.378 e. The summed E-state index contributed by atoms with van der Waals surface area (Å²) >= 11 is 1.84. The highest BCUT2D eigenvalue weighted by molar-refractivity contribution is 7.18. The van der Waals surface area contributed by atoms with Crippen LogP contribution < -0.4 is 4.90 Å². The molecule has 0 spiro atoms. The Morgan fingerprint density at radius 3 is 2.88 bits per heavy atom. The molecule has 1 aromatic carbocycles. The van der Waals surface area contributed by atoms with Crippen molar-refractivity contribution in [3.63, 3.8) is 0 Å². The fraction of sp³-hybridized carbons (Fsp3) is 0.381. The van der Waals surface area contributed by atoms with Crippen LogP contribution in [0.25, 0.3) is 10.2 Å². The maximum absolute atomic E-state index is 5.50. The molecule has 1 unspecified atom stereocenters. The zero-order valence-corrected chi connectivity index (χ0v) is 15.8. The first kappa shape index (κ1) is 16.2. The summed E-state index contributed by atoms with van der Waals surface area (Å²) in [6, 6.07) is 13.6. The van der Waals surface area contributed by atoms with Gasteiger partial charge in [0.2, 0.25) is 0 Å².